The molecule has 3 aromatic carbocycles. The largest absolute Gasteiger partial charge is 0.497 e. The Kier molecular flexibility index (Phi) is 5.42. The normalized spacial score (nSPS) is 15.2. The Morgan fingerprint density at radius 2 is 1.82 bits per heavy atom. The second kappa shape index (κ2) is 8.54. The third kappa shape index (κ3) is 3.78. The van der Waals surface area contributed by atoms with Gasteiger partial charge in [-0.15, -0.1) is 0 Å². The maximum atomic E-state index is 13.5. The van der Waals surface area contributed by atoms with Crippen LogP contribution in [0.15, 0.2) is 66.7 Å². The number of para-hydroxylation sites is 2. The Balaban J connectivity index is 1.58. The topological polar surface area (TPSA) is 66.6 Å². The average molecular weight is 442 g/mol. The van der Waals surface area contributed by atoms with Gasteiger partial charge < -0.3 is 24.7 Å². The van der Waals surface area contributed by atoms with Crippen LogP contribution in [0.2, 0.25) is 0 Å². The predicted octanol–water partition coefficient (Wildman–Crippen LogP) is 5.67. The molecule has 168 valence electrons. The van der Waals surface area contributed by atoms with E-state index in [1.54, 1.807) is 14.2 Å². The molecular formula is C27H27N3O3. The van der Waals surface area contributed by atoms with Gasteiger partial charge in [-0.1, -0.05) is 42.0 Å². The highest BCUT2D eigenvalue weighted by Gasteiger charge is 2.35. The highest BCUT2D eigenvalue weighted by molar-refractivity contribution is 5.93. The van der Waals surface area contributed by atoms with Crippen molar-refractivity contribution in [1.82, 2.24) is 9.88 Å². The zero-order valence-corrected chi connectivity index (χ0v) is 19.0. The fourth-order valence-corrected chi connectivity index (χ4v) is 4.64. The first kappa shape index (κ1) is 20.9. The number of urea groups is 1. The summed E-state index contributed by atoms with van der Waals surface area (Å²) in [6, 6.07) is 21.5. The van der Waals surface area contributed by atoms with Crippen molar-refractivity contribution in [2.24, 2.45) is 0 Å². The number of hydrogen-bond donors (Lipinski definition) is 2. The predicted molar refractivity (Wildman–Crippen MR) is 130 cm³/mol. The maximum Gasteiger partial charge on any atom is 0.322 e. The highest BCUT2D eigenvalue weighted by Crippen LogP contribution is 2.40. The summed E-state index contributed by atoms with van der Waals surface area (Å²) in [4.78, 5) is 19.0. The van der Waals surface area contributed by atoms with E-state index in [0.29, 0.717) is 18.0 Å². The lowest BCUT2D eigenvalue weighted by Gasteiger charge is -2.36. The average Bonchev–Trinajstić information content (AvgIpc) is 3.22. The number of nitrogens with one attached hydrogen (secondary N) is 2. The summed E-state index contributed by atoms with van der Waals surface area (Å²) in [6.07, 6.45) is 0.754. The van der Waals surface area contributed by atoms with E-state index in [1.807, 2.05) is 41.3 Å². The molecule has 0 spiro atoms. The molecule has 1 aliphatic heterocycles. The van der Waals surface area contributed by atoms with E-state index in [1.165, 1.54) is 11.1 Å². The van der Waals surface area contributed by atoms with Crippen LogP contribution in [0.3, 0.4) is 0 Å². The molecular weight excluding hydrogens is 414 g/mol. The minimum atomic E-state index is -0.234. The summed E-state index contributed by atoms with van der Waals surface area (Å²) >= 11 is 0. The van der Waals surface area contributed by atoms with E-state index in [9.17, 15) is 4.79 Å². The fraction of sp³-hybridized carbons (Fsp3) is 0.222. The van der Waals surface area contributed by atoms with Crippen LogP contribution in [0.25, 0.3) is 10.9 Å². The molecule has 0 aliphatic carbocycles. The molecule has 0 fully saturated rings. The molecule has 0 radical (unpaired) electrons. The van der Waals surface area contributed by atoms with Gasteiger partial charge in [0.1, 0.15) is 11.5 Å². The van der Waals surface area contributed by atoms with Crippen LogP contribution >= 0.6 is 0 Å². The molecule has 1 aliphatic rings. The van der Waals surface area contributed by atoms with Crippen LogP contribution in [0.1, 0.15) is 28.4 Å². The number of benzene rings is 3. The van der Waals surface area contributed by atoms with Crippen molar-refractivity contribution in [3.63, 3.8) is 0 Å². The molecule has 1 atom stereocenters. The van der Waals surface area contributed by atoms with Crippen LogP contribution in [-0.2, 0) is 6.42 Å². The molecule has 33 heavy (non-hydrogen) atoms. The summed E-state index contributed by atoms with van der Waals surface area (Å²) < 4.78 is 10.9. The molecule has 5 rings (SSSR count). The van der Waals surface area contributed by atoms with Gasteiger partial charge in [-0.2, -0.15) is 0 Å². The number of aryl methyl sites for hydroxylation is 1. The second-order valence-corrected chi connectivity index (χ2v) is 8.32. The standard InChI is InChI=1S/C27H27N3O3/c1-17-8-10-18(11-9-17)26-25-20(21-16-19(32-2)12-13-22(21)28-25)14-15-30(26)27(31)29-23-6-4-5-7-24(23)33-3/h4-13,16,26,28H,14-15H2,1-3H3,(H,29,31). The third-order valence-corrected chi connectivity index (χ3v) is 6.34. The summed E-state index contributed by atoms with van der Waals surface area (Å²) in [5.74, 6) is 1.46. The number of nitrogens with zero attached hydrogens (tertiary/aromatic N) is 1. The minimum absolute atomic E-state index is 0.160. The van der Waals surface area contributed by atoms with Crippen molar-refractivity contribution in [2.45, 2.75) is 19.4 Å². The number of amides is 2. The zero-order chi connectivity index (χ0) is 22.9. The molecule has 1 unspecified atom stereocenters. The number of aromatic nitrogens is 1. The van der Waals surface area contributed by atoms with Crippen molar-refractivity contribution in [3.05, 3.63) is 89.1 Å². The monoisotopic (exact) mass is 441 g/mol. The van der Waals surface area contributed by atoms with Gasteiger partial charge in [0, 0.05) is 23.1 Å². The Labute approximate surface area is 193 Å². The lowest BCUT2D eigenvalue weighted by Crippen LogP contribution is -2.43. The van der Waals surface area contributed by atoms with Crippen molar-refractivity contribution < 1.29 is 14.3 Å². The van der Waals surface area contributed by atoms with E-state index in [0.717, 1.165) is 34.3 Å². The van der Waals surface area contributed by atoms with Gasteiger partial charge in [-0.05, 0) is 54.8 Å². The van der Waals surface area contributed by atoms with E-state index in [4.69, 9.17) is 9.47 Å². The van der Waals surface area contributed by atoms with Crippen LogP contribution in [0.5, 0.6) is 11.5 Å². The van der Waals surface area contributed by atoms with Gasteiger partial charge in [0.25, 0.3) is 0 Å². The molecule has 0 saturated heterocycles. The van der Waals surface area contributed by atoms with Crippen LogP contribution in [0.4, 0.5) is 10.5 Å². The molecule has 2 heterocycles. The lowest BCUT2D eigenvalue weighted by molar-refractivity contribution is 0.193. The number of carbonyl (C=O) groups is 1. The van der Waals surface area contributed by atoms with E-state index in [-0.39, 0.29) is 12.1 Å². The second-order valence-electron chi connectivity index (χ2n) is 8.32. The number of fused-ring (bicyclic) bond motifs is 3. The van der Waals surface area contributed by atoms with Crippen LogP contribution in [0, 0.1) is 6.92 Å². The quantitative estimate of drug-likeness (QED) is 0.429. The number of methoxy groups -OCH3 is 2. The van der Waals surface area contributed by atoms with Gasteiger partial charge in [0.15, 0.2) is 0 Å². The number of aromatic amines is 1. The first-order valence-corrected chi connectivity index (χ1v) is 11.0. The van der Waals surface area contributed by atoms with Gasteiger partial charge >= 0.3 is 6.03 Å². The molecule has 1 aromatic heterocycles. The Morgan fingerprint density at radius 1 is 1.03 bits per heavy atom. The molecule has 0 bridgehead atoms. The Morgan fingerprint density at radius 3 is 2.58 bits per heavy atom. The molecule has 4 aromatic rings. The number of carbonyl (C=O) groups excluding carboxylic acids is 1. The smallest absolute Gasteiger partial charge is 0.322 e. The van der Waals surface area contributed by atoms with Crippen molar-refractivity contribution in [2.75, 3.05) is 26.1 Å². The SMILES string of the molecule is COc1ccc2[nH]c3c(c2c1)CCN(C(=O)Nc1ccccc1OC)C3c1ccc(C)cc1. The fourth-order valence-electron chi connectivity index (χ4n) is 4.64. The summed E-state index contributed by atoms with van der Waals surface area (Å²) in [5, 5.41) is 4.20. The third-order valence-electron chi connectivity index (χ3n) is 6.34. The first-order chi connectivity index (χ1) is 16.1. The van der Waals surface area contributed by atoms with Crippen LogP contribution < -0.4 is 14.8 Å². The zero-order valence-electron chi connectivity index (χ0n) is 19.0. The van der Waals surface area contributed by atoms with Crippen molar-refractivity contribution >= 4 is 22.6 Å². The number of rotatable bonds is 4. The van der Waals surface area contributed by atoms with Crippen molar-refractivity contribution in [3.8, 4) is 11.5 Å². The highest BCUT2D eigenvalue weighted by atomic mass is 16.5. The van der Waals surface area contributed by atoms with Gasteiger partial charge in [-0.25, -0.2) is 4.79 Å². The van der Waals surface area contributed by atoms with Gasteiger partial charge in [-0.3, -0.25) is 0 Å². The summed E-state index contributed by atoms with van der Waals surface area (Å²) in [5.41, 5.74) is 6.22. The van der Waals surface area contributed by atoms with E-state index in [2.05, 4.69) is 47.6 Å². The van der Waals surface area contributed by atoms with Gasteiger partial charge in [0.2, 0.25) is 0 Å². The number of H-pyrrole nitrogens is 1. The number of ether oxygens (including phenoxy) is 2. The maximum absolute atomic E-state index is 13.5. The summed E-state index contributed by atoms with van der Waals surface area (Å²) in [6.45, 7) is 2.66. The number of anilines is 1. The molecule has 0 saturated carbocycles. The molecule has 6 nitrogen and oxygen atoms in total. The molecule has 6 heteroatoms. The van der Waals surface area contributed by atoms with Crippen LogP contribution in [-0.4, -0.2) is 36.7 Å². The minimum Gasteiger partial charge on any atom is -0.497 e. The Hall–Kier alpha value is -3.93. The Bertz CT molecular complexity index is 1310. The lowest BCUT2D eigenvalue weighted by atomic mass is 9.92. The number of hydrogen-bond acceptors (Lipinski definition) is 3. The molecule has 2 N–H and O–H groups in total. The first-order valence-electron chi connectivity index (χ1n) is 11.0. The van der Waals surface area contributed by atoms with Crippen molar-refractivity contribution in [1.29, 1.82) is 0 Å². The van der Waals surface area contributed by atoms with E-state index < -0.39 is 0 Å². The van der Waals surface area contributed by atoms with E-state index >= 15 is 0 Å². The van der Waals surface area contributed by atoms with Gasteiger partial charge in [0.05, 0.1) is 25.9 Å². The summed E-state index contributed by atoms with van der Waals surface area (Å²) in [7, 11) is 3.28. The molecule has 2 amide bonds.